The highest BCUT2D eigenvalue weighted by Crippen LogP contribution is 2.27. The SMILES string of the molecule is COc1ccc(Cl)cc1NC(=O)CCCOc1ccc(Br)cc1. The minimum atomic E-state index is -0.107. The molecule has 0 heterocycles. The van der Waals surface area contributed by atoms with Crippen molar-refractivity contribution in [3.63, 3.8) is 0 Å². The summed E-state index contributed by atoms with van der Waals surface area (Å²) in [6.45, 7) is 0.474. The standard InChI is InChI=1S/C17H17BrClNO3/c1-22-16-9-6-13(19)11-15(16)20-17(21)3-2-10-23-14-7-4-12(18)5-8-14/h4-9,11H,2-3,10H2,1H3,(H,20,21). The number of halogens is 2. The van der Waals surface area contributed by atoms with E-state index in [1.54, 1.807) is 25.3 Å². The van der Waals surface area contributed by atoms with Crippen LogP contribution in [0.5, 0.6) is 11.5 Å². The lowest BCUT2D eigenvalue weighted by Crippen LogP contribution is -2.13. The van der Waals surface area contributed by atoms with Gasteiger partial charge in [0.1, 0.15) is 11.5 Å². The molecule has 0 saturated carbocycles. The third-order valence-electron chi connectivity index (χ3n) is 3.07. The Hall–Kier alpha value is -1.72. The summed E-state index contributed by atoms with van der Waals surface area (Å²) in [6, 6.07) is 12.7. The van der Waals surface area contributed by atoms with Crippen molar-refractivity contribution in [1.29, 1.82) is 0 Å². The smallest absolute Gasteiger partial charge is 0.224 e. The summed E-state index contributed by atoms with van der Waals surface area (Å²) in [5.74, 6) is 1.25. The Morgan fingerprint density at radius 3 is 2.65 bits per heavy atom. The fraction of sp³-hybridized carbons (Fsp3) is 0.235. The van der Waals surface area contributed by atoms with Crippen LogP contribution >= 0.6 is 27.5 Å². The van der Waals surface area contributed by atoms with E-state index in [9.17, 15) is 4.79 Å². The van der Waals surface area contributed by atoms with Gasteiger partial charge in [0.05, 0.1) is 19.4 Å². The zero-order valence-electron chi connectivity index (χ0n) is 12.6. The lowest BCUT2D eigenvalue weighted by molar-refractivity contribution is -0.116. The monoisotopic (exact) mass is 397 g/mol. The molecule has 0 aliphatic carbocycles. The van der Waals surface area contributed by atoms with Crippen LogP contribution in [0.2, 0.25) is 5.02 Å². The molecule has 0 aliphatic rings. The van der Waals surface area contributed by atoms with Crippen LogP contribution in [0.25, 0.3) is 0 Å². The summed E-state index contributed by atoms with van der Waals surface area (Å²) in [4.78, 5) is 12.0. The van der Waals surface area contributed by atoms with E-state index >= 15 is 0 Å². The molecule has 0 unspecified atom stereocenters. The van der Waals surface area contributed by atoms with Crippen molar-refractivity contribution in [2.75, 3.05) is 19.0 Å². The predicted molar refractivity (Wildman–Crippen MR) is 95.5 cm³/mol. The van der Waals surface area contributed by atoms with E-state index in [-0.39, 0.29) is 5.91 Å². The van der Waals surface area contributed by atoms with Crippen LogP contribution in [0.3, 0.4) is 0 Å². The van der Waals surface area contributed by atoms with Crippen molar-refractivity contribution in [3.05, 3.63) is 52.0 Å². The van der Waals surface area contributed by atoms with Gasteiger partial charge in [-0.1, -0.05) is 27.5 Å². The quantitative estimate of drug-likeness (QED) is 0.674. The lowest BCUT2D eigenvalue weighted by atomic mass is 10.2. The Labute approximate surface area is 148 Å². The van der Waals surface area contributed by atoms with Gasteiger partial charge in [-0.3, -0.25) is 4.79 Å². The molecule has 2 aromatic rings. The number of amides is 1. The number of anilines is 1. The van der Waals surface area contributed by atoms with Crippen molar-refractivity contribution in [2.45, 2.75) is 12.8 Å². The molecule has 2 rings (SSSR count). The van der Waals surface area contributed by atoms with Gasteiger partial charge >= 0.3 is 0 Å². The number of carbonyl (C=O) groups excluding carboxylic acids is 1. The molecule has 0 spiro atoms. The van der Waals surface area contributed by atoms with Crippen LogP contribution in [0.1, 0.15) is 12.8 Å². The molecule has 23 heavy (non-hydrogen) atoms. The first-order valence-electron chi connectivity index (χ1n) is 7.10. The van der Waals surface area contributed by atoms with Gasteiger partial charge < -0.3 is 14.8 Å². The number of benzene rings is 2. The van der Waals surface area contributed by atoms with E-state index in [0.717, 1.165) is 10.2 Å². The van der Waals surface area contributed by atoms with Gasteiger partial charge in [0.25, 0.3) is 0 Å². The Morgan fingerprint density at radius 1 is 1.22 bits per heavy atom. The molecule has 0 bridgehead atoms. The van der Waals surface area contributed by atoms with Crippen molar-refractivity contribution < 1.29 is 14.3 Å². The largest absolute Gasteiger partial charge is 0.495 e. The van der Waals surface area contributed by atoms with Crippen LogP contribution in [0.4, 0.5) is 5.69 Å². The number of hydrogen-bond acceptors (Lipinski definition) is 3. The van der Waals surface area contributed by atoms with Gasteiger partial charge in [-0.05, 0) is 48.9 Å². The summed E-state index contributed by atoms with van der Waals surface area (Å²) in [6.07, 6.45) is 0.969. The van der Waals surface area contributed by atoms with E-state index in [2.05, 4.69) is 21.2 Å². The Morgan fingerprint density at radius 2 is 1.96 bits per heavy atom. The molecule has 0 saturated heterocycles. The summed E-state index contributed by atoms with van der Waals surface area (Å²) < 4.78 is 11.8. The van der Waals surface area contributed by atoms with Crippen LogP contribution in [-0.2, 0) is 4.79 Å². The number of carbonyl (C=O) groups is 1. The highest BCUT2D eigenvalue weighted by atomic mass is 79.9. The molecule has 2 aromatic carbocycles. The van der Waals surface area contributed by atoms with Crippen molar-refractivity contribution in [3.8, 4) is 11.5 Å². The second kappa shape index (κ2) is 8.79. The molecule has 122 valence electrons. The maximum Gasteiger partial charge on any atom is 0.224 e. The Bertz CT molecular complexity index is 661. The summed E-state index contributed by atoms with van der Waals surface area (Å²) in [7, 11) is 1.55. The Kier molecular flexibility index (Phi) is 6.74. The average Bonchev–Trinajstić information content (AvgIpc) is 2.53. The average molecular weight is 399 g/mol. The van der Waals surface area contributed by atoms with E-state index in [1.807, 2.05) is 24.3 Å². The second-order valence-electron chi connectivity index (χ2n) is 4.80. The third-order valence-corrected chi connectivity index (χ3v) is 3.83. The van der Waals surface area contributed by atoms with Crippen molar-refractivity contribution in [1.82, 2.24) is 0 Å². The predicted octanol–water partition coefficient (Wildman–Crippen LogP) is 4.91. The maximum atomic E-state index is 12.0. The third kappa shape index (κ3) is 5.77. The summed E-state index contributed by atoms with van der Waals surface area (Å²) in [5, 5.41) is 3.34. The van der Waals surface area contributed by atoms with Gasteiger partial charge in [-0.15, -0.1) is 0 Å². The highest BCUT2D eigenvalue weighted by molar-refractivity contribution is 9.10. The van der Waals surface area contributed by atoms with Crippen molar-refractivity contribution in [2.24, 2.45) is 0 Å². The lowest BCUT2D eigenvalue weighted by Gasteiger charge is -2.11. The van der Waals surface area contributed by atoms with Gasteiger partial charge in [0.15, 0.2) is 0 Å². The number of nitrogens with one attached hydrogen (secondary N) is 1. The molecule has 0 atom stereocenters. The first kappa shape index (κ1) is 17.6. The van der Waals surface area contributed by atoms with Crippen LogP contribution < -0.4 is 14.8 Å². The zero-order valence-corrected chi connectivity index (χ0v) is 15.0. The number of hydrogen-bond donors (Lipinski definition) is 1. The van der Waals surface area contributed by atoms with E-state index in [4.69, 9.17) is 21.1 Å². The van der Waals surface area contributed by atoms with E-state index < -0.39 is 0 Å². The minimum absolute atomic E-state index is 0.107. The molecular weight excluding hydrogens is 382 g/mol. The van der Waals surface area contributed by atoms with Gasteiger partial charge in [-0.2, -0.15) is 0 Å². The molecular formula is C17H17BrClNO3. The number of methoxy groups -OCH3 is 1. The fourth-order valence-electron chi connectivity index (χ4n) is 1.94. The summed E-state index contributed by atoms with van der Waals surface area (Å²) >= 11 is 9.30. The molecule has 0 fully saturated rings. The maximum absolute atomic E-state index is 12.0. The Balaban J connectivity index is 1.77. The van der Waals surface area contributed by atoms with E-state index in [0.29, 0.717) is 35.9 Å². The topological polar surface area (TPSA) is 47.6 Å². The number of ether oxygens (including phenoxy) is 2. The fourth-order valence-corrected chi connectivity index (χ4v) is 2.38. The zero-order chi connectivity index (χ0) is 16.7. The van der Waals surface area contributed by atoms with Crippen molar-refractivity contribution >= 4 is 39.1 Å². The van der Waals surface area contributed by atoms with E-state index in [1.165, 1.54) is 0 Å². The minimum Gasteiger partial charge on any atom is -0.495 e. The molecule has 0 aliphatic heterocycles. The van der Waals surface area contributed by atoms with Crippen LogP contribution in [0, 0.1) is 0 Å². The van der Waals surface area contributed by atoms with Gasteiger partial charge in [0, 0.05) is 15.9 Å². The van der Waals surface area contributed by atoms with Crippen LogP contribution in [0.15, 0.2) is 46.9 Å². The number of rotatable bonds is 7. The second-order valence-corrected chi connectivity index (χ2v) is 6.15. The highest BCUT2D eigenvalue weighted by Gasteiger charge is 2.08. The van der Waals surface area contributed by atoms with Gasteiger partial charge in [-0.25, -0.2) is 0 Å². The molecule has 1 N–H and O–H groups in total. The first-order valence-corrected chi connectivity index (χ1v) is 8.27. The van der Waals surface area contributed by atoms with Crippen LogP contribution in [-0.4, -0.2) is 19.6 Å². The molecule has 0 radical (unpaired) electrons. The first-order chi connectivity index (χ1) is 11.1. The molecule has 1 amide bonds. The molecule has 6 heteroatoms. The normalized spacial score (nSPS) is 10.2. The molecule has 4 nitrogen and oxygen atoms in total. The van der Waals surface area contributed by atoms with Gasteiger partial charge in [0.2, 0.25) is 5.91 Å². The molecule has 0 aromatic heterocycles. The summed E-state index contributed by atoms with van der Waals surface area (Å²) in [5.41, 5.74) is 0.568.